The number of aliphatic hydroxyl groups is 1. The van der Waals surface area contributed by atoms with Crippen LogP contribution < -0.4 is 10.1 Å². The summed E-state index contributed by atoms with van der Waals surface area (Å²) in [5, 5.41) is 11.8. The Balaban J connectivity index is 2.35. The summed E-state index contributed by atoms with van der Waals surface area (Å²) in [4.78, 5) is 11.6. The highest BCUT2D eigenvalue weighted by Gasteiger charge is 2.09. The number of aliphatic hydroxyl groups excluding tert-OH is 1. The number of carbonyl (C=O) groups excluding carboxylic acids is 1. The molecule has 0 aliphatic heterocycles. The van der Waals surface area contributed by atoms with E-state index in [-0.39, 0.29) is 18.6 Å². The van der Waals surface area contributed by atoms with Crippen molar-refractivity contribution >= 4 is 5.91 Å². The average molecular weight is 265 g/mol. The number of aryl methyl sites for hydroxylation is 2. The lowest BCUT2D eigenvalue weighted by Crippen LogP contribution is -2.37. The van der Waals surface area contributed by atoms with E-state index in [1.54, 1.807) is 0 Å². The third-order valence-electron chi connectivity index (χ3n) is 3.00. The second kappa shape index (κ2) is 7.79. The second-order valence-corrected chi connectivity index (χ2v) is 4.72. The Bertz CT molecular complexity index is 414. The fraction of sp³-hybridized carbons (Fsp3) is 0.533. The molecule has 0 saturated heterocycles. The molecule has 4 heteroatoms. The van der Waals surface area contributed by atoms with Gasteiger partial charge in [0.25, 0.3) is 0 Å². The number of nitrogens with one attached hydrogen (secondary N) is 1. The van der Waals surface area contributed by atoms with Gasteiger partial charge in [-0.25, -0.2) is 0 Å². The first kappa shape index (κ1) is 15.5. The molecule has 0 aliphatic carbocycles. The quantitative estimate of drug-likeness (QED) is 0.792. The van der Waals surface area contributed by atoms with Gasteiger partial charge in [-0.3, -0.25) is 4.79 Å². The summed E-state index contributed by atoms with van der Waals surface area (Å²) in [7, 11) is 0. The molecule has 0 aliphatic rings. The van der Waals surface area contributed by atoms with Crippen molar-refractivity contribution in [3.05, 3.63) is 29.3 Å². The van der Waals surface area contributed by atoms with Gasteiger partial charge >= 0.3 is 0 Å². The molecule has 0 aromatic heterocycles. The molecule has 1 atom stereocenters. The van der Waals surface area contributed by atoms with Crippen LogP contribution in [0.1, 0.15) is 30.9 Å². The van der Waals surface area contributed by atoms with Gasteiger partial charge in [0.15, 0.2) is 0 Å². The highest BCUT2D eigenvalue weighted by molar-refractivity contribution is 5.76. The van der Waals surface area contributed by atoms with Crippen molar-refractivity contribution in [2.24, 2.45) is 0 Å². The van der Waals surface area contributed by atoms with E-state index in [1.807, 2.05) is 39.0 Å². The van der Waals surface area contributed by atoms with Crippen molar-refractivity contribution in [2.75, 3.05) is 13.2 Å². The number of hydrogen-bond acceptors (Lipinski definition) is 3. The first-order valence-corrected chi connectivity index (χ1v) is 6.67. The molecular weight excluding hydrogens is 242 g/mol. The van der Waals surface area contributed by atoms with Gasteiger partial charge in [0.2, 0.25) is 5.91 Å². The number of rotatable bonds is 7. The molecule has 1 rings (SSSR count). The van der Waals surface area contributed by atoms with Gasteiger partial charge in [-0.2, -0.15) is 0 Å². The summed E-state index contributed by atoms with van der Waals surface area (Å²) in [6.45, 7) is 6.26. The molecule has 0 fully saturated rings. The molecule has 4 nitrogen and oxygen atoms in total. The summed E-state index contributed by atoms with van der Waals surface area (Å²) in [6, 6.07) is 5.80. The molecule has 1 amide bonds. The summed E-state index contributed by atoms with van der Waals surface area (Å²) < 4.78 is 5.59. The highest BCUT2D eigenvalue weighted by Crippen LogP contribution is 2.18. The van der Waals surface area contributed by atoms with Crippen molar-refractivity contribution in [1.82, 2.24) is 5.32 Å². The van der Waals surface area contributed by atoms with Crippen LogP contribution >= 0.6 is 0 Å². The molecule has 0 unspecified atom stereocenters. The van der Waals surface area contributed by atoms with Gasteiger partial charge in [0, 0.05) is 0 Å². The molecular formula is C15H23NO3. The Morgan fingerprint density at radius 1 is 1.42 bits per heavy atom. The number of hydrogen-bond donors (Lipinski definition) is 2. The fourth-order valence-electron chi connectivity index (χ4n) is 1.79. The lowest BCUT2D eigenvalue weighted by atomic mass is 10.1. The van der Waals surface area contributed by atoms with E-state index in [2.05, 4.69) is 5.32 Å². The first-order chi connectivity index (χ1) is 9.06. The van der Waals surface area contributed by atoms with Crippen LogP contribution in [-0.4, -0.2) is 30.3 Å². The van der Waals surface area contributed by atoms with Gasteiger partial charge in [0.1, 0.15) is 5.75 Å². The highest BCUT2D eigenvalue weighted by atomic mass is 16.5. The van der Waals surface area contributed by atoms with Crippen LogP contribution in [0.3, 0.4) is 0 Å². The maximum absolute atomic E-state index is 11.6. The second-order valence-electron chi connectivity index (χ2n) is 4.72. The van der Waals surface area contributed by atoms with E-state index in [1.165, 1.54) is 5.56 Å². The minimum atomic E-state index is -0.159. The fourth-order valence-corrected chi connectivity index (χ4v) is 1.79. The molecule has 0 bridgehead atoms. The monoisotopic (exact) mass is 265 g/mol. The molecule has 1 aromatic rings. The van der Waals surface area contributed by atoms with Crippen molar-refractivity contribution in [2.45, 2.75) is 39.7 Å². The van der Waals surface area contributed by atoms with Crippen LogP contribution in [0.25, 0.3) is 0 Å². The molecule has 0 spiro atoms. The molecule has 0 heterocycles. The maximum Gasteiger partial charge on any atom is 0.223 e. The summed E-state index contributed by atoms with van der Waals surface area (Å²) in [6.07, 6.45) is 1.02. The first-order valence-electron chi connectivity index (χ1n) is 6.67. The lowest BCUT2D eigenvalue weighted by molar-refractivity contribution is -0.122. The smallest absolute Gasteiger partial charge is 0.223 e. The molecule has 0 radical (unpaired) electrons. The van der Waals surface area contributed by atoms with Crippen LogP contribution in [-0.2, 0) is 4.79 Å². The van der Waals surface area contributed by atoms with E-state index in [9.17, 15) is 4.79 Å². The third kappa shape index (κ3) is 5.30. The number of ether oxygens (including phenoxy) is 1. The van der Waals surface area contributed by atoms with Gasteiger partial charge in [-0.05, 0) is 31.9 Å². The maximum atomic E-state index is 11.6. The van der Waals surface area contributed by atoms with Gasteiger partial charge < -0.3 is 15.2 Å². The van der Waals surface area contributed by atoms with E-state index in [0.29, 0.717) is 13.0 Å². The van der Waals surface area contributed by atoms with Crippen molar-refractivity contribution < 1.29 is 14.6 Å². The van der Waals surface area contributed by atoms with E-state index >= 15 is 0 Å². The molecule has 106 valence electrons. The molecule has 19 heavy (non-hydrogen) atoms. The van der Waals surface area contributed by atoms with Crippen LogP contribution in [0.2, 0.25) is 0 Å². The topological polar surface area (TPSA) is 58.6 Å². The number of amides is 1. The standard InChI is InChI=1S/C15H23NO3/c1-4-13(10-17)16-15(18)7-8-19-14-6-5-11(2)9-12(14)3/h5-6,9,13,17H,4,7-8,10H2,1-3H3,(H,16,18)/t13-/m0/s1. The molecule has 2 N–H and O–H groups in total. The summed E-state index contributed by atoms with van der Waals surface area (Å²) in [5.41, 5.74) is 2.26. The average Bonchev–Trinajstić information content (AvgIpc) is 2.38. The number of carbonyl (C=O) groups is 1. The van der Waals surface area contributed by atoms with Crippen LogP contribution in [0.4, 0.5) is 0 Å². The van der Waals surface area contributed by atoms with Crippen LogP contribution in [0.5, 0.6) is 5.75 Å². The van der Waals surface area contributed by atoms with Gasteiger partial charge in [-0.1, -0.05) is 24.6 Å². The van der Waals surface area contributed by atoms with Crippen LogP contribution in [0.15, 0.2) is 18.2 Å². The minimum absolute atomic E-state index is 0.0276. The Hall–Kier alpha value is -1.55. The normalized spacial score (nSPS) is 12.0. The van der Waals surface area contributed by atoms with Crippen LogP contribution in [0, 0.1) is 13.8 Å². The Labute approximate surface area is 114 Å². The third-order valence-corrected chi connectivity index (χ3v) is 3.00. The Morgan fingerprint density at radius 2 is 2.16 bits per heavy atom. The van der Waals surface area contributed by atoms with E-state index in [4.69, 9.17) is 9.84 Å². The molecule has 1 aromatic carbocycles. The Kier molecular flexibility index (Phi) is 6.36. The van der Waals surface area contributed by atoms with Gasteiger partial charge in [-0.15, -0.1) is 0 Å². The zero-order valence-electron chi connectivity index (χ0n) is 11.9. The zero-order valence-corrected chi connectivity index (χ0v) is 11.9. The van der Waals surface area contributed by atoms with Crippen molar-refractivity contribution in [1.29, 1.82) is 0 Å². The Morgan fingerprint density at radius 3 is 2.74 bits per heavy atom. The van der Waals surface area contributed by atoms with E-state index < -0.39 is 0 Å². The zero-order chi connectivity index (χ0) is 14.3. The SMILES string of the molecule is CC[C@@H](CO)NC(=O)CCOc1ccc(C)cc1C. The largest absolute Gasteiger partial charge is 0.493 e. The van der Waals surface area contributed by atoms with Gasteiger partial charge in [0.05, 0.1) is 25.7 Å². The van der Waals surface area contributed by atoms with Crippen molar-refractivity contribution in [3.63, 3.8) is 0 Å². The number of benzene rings is 1. The van der Waals surface area contributed by atoms with E-state index in [0.717, 1.165) is 17.7 Å². The predicted octanol–water partition coefficient (Wildman–Crippen LogP) is 1.96. The van der Waals surface area contributed by atoms with Crippen molar-refractivity contribution in [3.8, 4) is 5.75 Å². The molecule has 0 saturated carbocycles. The summed E-state index contributed by atoms with van der Waals surface area (Å²) >= 11 is 0. The minimum Gasteiger partial charge on any atom is -0.493 e. The summed E-state index contributed by atoms with van der Waals surface area (Å²) in [5.74, 6) is 0.721. The lowest BCUT2D eigenvalue weighted by Gasteiger charge is -2.14. The predicted molar refractivity (Wildman–Crippen MR) is 75.3 cm³/mol.